The van der Waals surface area contributed by atoms with Gasteiger partial charge in [0, 0.05) is 11.9 Å². The molecule has 2 rings (SSSR count). The zero-order valence-corrected chi connectivity index (χ0v) is 5.89. The maximum atomic E-state index is 11.0. The van der Waals surface area contributed by atoms with Crippen molar-refractivity contribution < 1.29 is 9.59 Å². The van der Waals surface area contributed by atoms with Gasteiger partial charge in [-0.3, -0.25) is 9.59 Å². The van der Waals surface area contributed by atoms with Gasteiger partial charge >= 0.3 is 0 Å². The molecule has 4 heteroatoms. The molecule has 0 atom stereocenters. The molecule has 56 valence electrons. The van der Waals surface area contributed by atoms with Gasteiger partial charge in [0.1, 0.15) is 0 Å². The van der Waals surface area contributed by atoms with Gasteiger partial charge in [-0.05, 0) is 6.92 Å². The van der Waals surface area contributed by atoms with Crippen LogP contribution in [0.2, 0.25) is 0 Å². The Bertz CT molecular complexity index is 325. The summed E-state index contributed by atoms with van der Waals surface area (Å²) < 4.78 is 0. The molecule has 0 bridgehead atoms. The van der Waals surface area contributed by atoms with Crippen molar-refractivity contribution in [1.82, 2.24) is 10.6 Å². The van der Waals surface area contributed by atoms with E-state index in [1.54, 1.807) is 6.92 Å². The normalized spacial score (nSPS) is 21.4. The number of rotatable bonds is 0. The highest BCUT2D eigenvalue weighted by atomic mass is 16.2. The topological polar surface area (TPSA) is 58.2 Å². The van der Waals surface area contributed by atoms with Crippen LogP contribution in [0.15, 0.2) is 23.0 Å². The number of nitrogens with one attached hydrogen (secondary N) is 2. The van der Waals surface area contributed by atoms with Gasteiger partial charge in [-0.15, -0.1) is 0 Å². The fraction of sp³-hybridized carbons (Fsp3) is 0.143. The van der Waals surface area contributed by atoms with Crippen molar-refractivity contribution in [2.24, 2.45) is 0 Å². The van der Waals surface area contributed by atoms with Crippen LogP contribution in [0, 0.1) is 0 Å². The average Bonchev–Trinajstić information content (AvgIpc) is 2.41. The van der Waals surface area contributed by atoms with Crippen molar-refractivity contribution >= 4 is 11.8 Å². The number of allylic oxidation sites excluding steroid dienone is 1. The van der Waals surface area contributed by atoms with Gasteiger partial charge in [-0.2, -0.15) is 0 Å². The number of hydrogen-bond acceptors (Lipinski definition) is 2. The van der Waals surface area contributed by atoms with E-state index in [0.717, 1.165) is 0 Å². The minimum Gasteiger partial charge on any atom is -0.328 e. The highest BCUT2D eigenvalue weighted by molar-refractivity contribution is 6.18. The molecule has 11 heavy (non-hydrogen) atoms. The summed E-state index contributed by atoms with van der Waals surface area (Å²) in [5.74, 6) is -0.397. The third-order valence-corrected chi connectivity index (χ3v) is 1.76. The number of carbonyl (C=O) groups is 2. The zero-order valence-electron chi connectivity index (χ0n) is 5.89. The van der Waals surface area contributed by atoms with Crippen molar-refractivity contribution in [3.8, 4) is 0 Å². The molecular weight excluding hydrogens is 144 g/mol. The maximum absolute atomic E-state index is 11.0. The Morgan fingerprint density at radius 2 is 2.00 bits per heavy atom. The quantitative estimate of drug-likeness (QED) is 0.484. The monoisotopic (exact) mass is 150 g/mol. The van der Waals surface area contributed by atoms with E-state index in [2.05, 4.69) is 10.6 Å². The van der Waals surface area contributed by atoms with Gasteiger partial charge in [0.05, 0.1) is 11.1 Å². The molecular formula is C7H6N2O2. The van der Waals surface area contributed by atoms with Crippen molar-refractivity contribution in [1.29, 1.82) is 0 Å². The first-order valence-corrected chi connectivity index (χ1v) is 3.24. The Morgan fingerprint density at radius 3 is 2.64 bits per heavy atom. The van der Waals surface area contributed by atoms with E-state index < -0.39 is 0 Å². The molecule has 0 aromatic carbocycles. The summed E-state index contributed by atoms with van der Waals surface area (Å²) in [4.78, 5) is 22.0. The highest BCUT2D eigenvalue weighted by Gasteiger charge is 2.33. The lowest BCUT2D eigenvalue weighted by Crippen LogP contribution is -2.17. The largest absolute Gasteiger partial charge is 0.328 e. The summed E-state index contributed by atoms with van der Waals surface area (Å²) in [5.41, 5.74) is 1.57. The maximum Gasteiger partial charge on any atom is 0.257 e. The Morgan fingerprint density at radius 1 is 1.27 bits per heavy atom. The molecule has 2 amide bonds. The molecule has 0 radical (unpaired) electrons. The minimum absolute atomic E-state index is 0.198. The van der Waals surface area contributed by atoms with Gasteiger partial charge in [0.15, 0.2) is 0 Å². The summed E-state index contributed by atoms with van der Waals surface area (Å²) in [5, 5.41) is 5.02. The van der Waals surface area contributed by atoms with Crippen LogP contribution < -0.4 is 10.6 Å². The summed E-state index contributed by atoms with van der Waals surface area (Å²) in [6.07, 6.45) is 1.43. The molecule has 0 aromatic heterocycles. The van der Waals surface area contributed by atoms with Gasteiger partial charge in [-0.1, -0.05) is 0 Å². The number of amides is 2. The second-order valence-electron chi connectivity index (χ2n) is 2.49. The Kier molecular flexibility index (Phi) is 0.961. The number of hydrogen-bond donors (Lipinski definition) is 2. The first kappa shape index (κ1) is 6.15. The SMILES string of the molecule is CC1=C2C(=O)NC=C2C(=O)N1. The van der Waals surface area contributed by atoms with Crippen LogP contribution in [0.5, 0.6) is 0 Å². The van der Waals surface area contributed by atoms with E-state index in [9.17, 15) is 9.59 Å². The van der Waals surface area contributed by atoms with Crippen LogP contribution in [-0.4, -0.2) is 11.8 Å². The predicted molar refractivity (Wildman–Crippen MR) is 37.1 cm³/mol. The fourth-order valence-corrected chi connectivity index (χ4v) is 1.26. The number of fused-ring (bicyclic) bond motifs is 1. The van der Waals surface area contributed by atoms with Crippen LogP contribution in [-0.2, 0) is 9.59 Å². The lowest BCUT2D eigenvalue weighted by Gasteiger charge is -1.93. The van der Waals surface area contributed by atoms with Gasteiger partial charge in [0.25, 0.3) is 11.8 Å². The first-order valence-electron chi connectivity index (χ1n) is 3.24. The molecule has 0 saturated carbocycles. The summed E-state index contributed by atoms with van der Waals surface area (Å²) in [6, 6.07) is 0. The Balaban J connectivity index is 2.57. The Hall–Kier alpha value is -1.58. The molecule has 0 aliphatic carbocycles. The molecule has 2 N–H and O–H groups in total. The van der Waals surface area contributed by atoms with Gasteiger partial charge in [0.2, 0.25) is 0 Å². The standard InChI is InChI=1S/C7H6N2O2/c1-3-5-4(6(10)9-3)2-8-7(5)11/h2H,1H3,(H,8,11)(H,9,10). The van der Waals surface area contributed by atoms with Crippen LogP contribution in [0.1, 0.15) is 6.92 Å². The second kappa shape index (κ2) is 1.72. The smallest absolute Gasteiger partial charge is 0.257 e. The third-order valence-electron chi connectivity index (χ3n) is 1.76. The van der Waals surface area contributed by atoms with Gasteiger partial charge < -0.3 is 10.6 Å². The predicted octanol–water partition coefficient (Wildman–Crippen LogP) is -0.596. The summed E-state index contributed by atoms with van der Waals surface area (Å²) in [6.45, 7) is 1.71. The van der Waals surface area contributed by atoms with Crippen LogP contribution in [0.4, 0.5) is 0 Å². The zero-order chi connectivity index (χ0) is 8.01. The van der Waals surface area contributed by atoms with E-state index in [1.165, 1.54) is 6.20 Å². The fourth-order valence-electron chi connectivity index (χ4n) is 1.26. The van der Waals surface area contributed by atoms with E-state index in [1.807, 2.05) is 0 Å². The summed E-state index contributed by atoms with van der Waals surface area (Å²) >= 11 is 0. The van der Waals surface area contributed by atoms with E-state index in [-0.39, 0.29) is 11.8 Å². The van der Waals surface area contributed by atoms with E-state index in [0.29, 0.717) is 16.8 Å². The van der Waals surface area contributed by atoms with Crippen molar-refractivity contribution in [3.05, 3.63) is 23.0 Å². The van der Waals surface area contributed by atoms with Crippen molar-refractivity contribution in [3.63, 3.8) is 0 Å². The molecule has 0 unspecified atom stereocenters. The lowest BCUT2D eigenvalue weighted by molar-refractivity contribution is -0.117. The molecule has 0 saturated heterocycles. The van der Waals surface area contributed by atoms with Gasteiger partial charge in [-0.25, -0.2) is 0 Å². The van der Waals surface area contributed by atoms with E-state index in [4.69, 9.17) is 0 Å². The minimum atomic E-state index is -0.198. The first-order chi connectivity index (χ1) is 5.20. The molecule has 2 aliphatic rings. The second-order valence-corrected chi connectivity index (χ2v) is 2.49. The Labute approximate surface area is 63.0 Å². The molecule has 0 fully saturated rings. The third kappa shape index (κ3) is 0.633. The molecule has 0 spiro atoms. The molecule has 4 nitrogen and oxygen atoms in total. The molecule has 2 aliphatic heterocycles. The number of carbonyl (C=O) groups excluding carboxylic acids is 2. The van der Waals surface area contributed by atoms with E-state index >= 15 is 0 Å². The van der Waals surface area contributed by atoms with Crippen LogP contribution >= 0.6 is 0 Å². The van der Waals surface area contributed by atoms with Crippen molar-refractivity contribution in [2.75, 3.05) is 0 Å². The molecule has 2 heterocycles. The van der Waals surface area contributed by atoms with Crippen LogP contribution in [0.3, 0.4) is 0 Å². The summed E-state index contributed by atoms with van der Waals surface area (Å²) in [7, 11) is 0. The average molecular weight is 150 g/mol. The molecule has 0 aromatic rings. The highest BCUT2D eigenvalue weighted by Crippen LogP contribution is 2.23. The van der Waals surface area contributed by atoms with Crippen LogP contribution in [0.25, 0.3) is 0 Å². The van der Waals surface area contributed by atoms with Crippen molar-refractivity contribution in [2.45, 2.75) is 6.92 Å². The lowest BCUT2D eigenvalue weighted by atomic mass is 10.1.